The SMILES string of the molecule is CC(CN)Nc1nc2cccc(Cl)c2o1. The van der Waals surface area contributed by atoms with Gasteiger partial charge >= 0.3 is 0 Å². The number of halogens is 1. The van der Waals surface area contributed by atoms with Gasteiger partial charge in [0.15, 0.2) is 5.58 Å². The van der Waals surface area contributed by atoms with E-state index in [2.05, 4.69) is 10.3 Å². The highest BCUT2D eigenvalue weighted by Gasteiger charge is 2.09. The van der Waals surface area contributed by atoms with E-state index in [1.807, 2.05) is 19.1 Å². The van der Waals surface area contributed by atoms with Gasteiger partial charge in [-0.2, -0.15) is 4.98 Å². The first kappa shape index (κ1) is 10.3. The standard InChI is InChI=1S/C10H12ClN3O/c1-6(5-12)13-10-14-8-4-2-3-7(11)9(8)15-10/h2-4,6H,5,12H2,1H3,(H,13,14). The molecule has 3 N–H and O–H groups in total. The monoisotopic (exact) mass is 225 g/mol. The molecule has 0 saturated carbocycles. The van der Waals surface area contributed by atoms with Gasteiger partial charge in [-0.25, -0.2) is 0 Å². The fourth-order valence-electron chi connectivity index (χ4n) is 1.25. The van der Waals surface area contributed by atoms with Gasteiger partial charge in [-0.1, -0.05) is 17.7 Å². The highest BCUT2D eigenvalue weighted by Crippen LogP contribution is 2.26. The fourth-order valence-corrected chi connectivity index (χ4v) is 1.46. The number of anilines is 1. The molecule has 0 spiro atoms. The zero-order chi connectivity index (χ0) is 10.8. The van der Waals surface area contributed by atoms with E-state index in [0.29, 0.717) is 23.2 Å². The van der Waals surface area contributed by atoms with E-state index >= 15 is 0 Å². The maximum Gasteiger partial charge on any atom is 0.295 e. The van der Waals surface area contributed by atoms with Crippen molar-refractivity contribution < 1.29 is 4.42 Å². The lowest BCUT2D eigenvalue weighted by atomic mass is 10.3. The summed E-state index contributed by atoms with van der Waals surface area (Å²) in [4.78, 5) is 4.24. The summed E-state index contributed by atoms with van der Waals surface area (Å²) in [6, 6.07) is 6.03. The maximum absolute atomic E-state index is 5.95. The summed E-state index contributed by atoms with van der Waals surface area (Å²) in [6.07, 6.45) is 0. The van der Waals surface area contributed by atoms with Crippen LogP contribution < -0.4 is 11.1 Å². The van der Waals surface area contributed by atoms with E-state index in [4.69, 9.17) is 21.8 Å². The number of nitrogens with one attached hydrogen (secondary N) is 1. The molecule has 5 heteroatoms. The number of para-hydroxylation sites is 1. The minimum absolute atomic E-state index is 0.122. The van der Waals surface area contributed by atoms with E-state index in [-0.39, 0.29) is 6.04 Å². The van der Waals surface area contributed by atoms with E-state index < -0.39 is 0 Å². The van der Waals surface area contributed by atoms with Gasteiger partial charge in [0.2, 0.25) is 0 Å². The molecule has 80 valence electrons. The Morgan fingerprint density at radius 3 is 3.07 bits per heavy atom. The first-order valence-corrected chi connectivity index (χ1v) is 5.10. The van der Waals surface area contributed by atoms with Crippen molar-refractivity contribution in [3.63, 3.8) is 0 Å². The van der Waals surface area contributed by atoms with Crippen molar-refractivity contribution in [2.45, 2.75) is 13.0 Å². The minimum atomic E-state index is 0.122. The average Bonchev–Trinajstić information content (AvgIpc) is 2.62. The molecule has 0 aliphatic carbocycles. The Kier molecular flexibility index (Phi) is 2.79. The van der Waals surface area contributed by atoms with Gasteiger partial charge in [-0.3, -0.25) is 0 Å². The molecule has 0 aliphatic rings. The number of hydrogen-bond donors (Lipinski definition) is 2. The lowest BCUT2D eigenvalue weighted by molar-refractivity contribution is 0.601. The second-order valence-electron chi connectivity index (χ2n) is 3.39. The topological polar surface area (TPSA) is 64.1 Å². The van der Waals surface area contributed by atoms with Crippen LogP contribution in [-0.4, -0.2) is 17.6 Å². The van der Waals surface area contributed by atoms with Crippen LogP contribution in [-0.2, 0) is 0 Å². The van der Waals surface area contributed by atoms with Crippen LogP contribution in [0.1, 0.15) is 6.92 Å². The van der Waals surface area contributed by atoms with E-state index in [0.717, 1.165) is 5.52 Å². The van der Waals surface area contributed by atoms with Crippen LogP contribution in [0.15, 0.2) is 22.6 Å². The molecule has 1 aromatic carbocycles. The maximum atomic E-state index is 5.95. The Labute approximate surface area is 92.4 Å². The molecule has 1 unspecified atom stereocenters. The molecule has 0 amide bonds. The zero-order valence-electron chi connectivity index (χ0n) is 8.33. The van der Waals surface area contributed by atoms with Crippen LogP contribution in [0, 0.1) is 0 Å². The molecule has 1 aromatic heterocycles. The first-order chi connectivity index (χ1) is 7.20. The molecule has 1 heterocycles. The Hall–Kier alpha value is -1.26. The van der Waals surface area contributed by atoms with Crippen molar-refractivity contribution in [3.05, 3.63) is 23.2 Å². The molecular weight excluding hydrogens is 214 g/mol. The summed E-state index contributed by atoms with van der Waals surface area (Å²) in [5.41, 5.74) is 6.83. The quantitative estimate of drug-likeness (QED) is 0.841. The van der Waals surface area contributed by atoms with Crippen molar-refractivity contribution in [2.75, 3.05) is 11.9 Å². The molecule has 2 rings (SSSR count). The third kappa shape index (κ3) is 2.06. The number of nitrogens with two attached hydrogens (primary N) is 1. The Morgan fingerprint density at radius 1 is 1.60 bits per heavy atom. The molecule has 15 heavy (non-hydrogen) atoms. The van der Waals surface area contributed by atoms with Crippen LogP contribution in [0.5, 0.6) is 0 Å². The molecule has 4 nitrogen and oxygen atoms in total. The van der Waals surface area contributed by atoms with E-state index in [1.165, 1.54) is 0 Å². The van der Waals surface area contributed by atoms with Crippen LogP contribution in [0.2, 0.25) is 5.02 Å². The number of rotatable bonds is 3. The van der Waals surface area contributed by atoms with Gasteiger partial charge in [0.05, 0.1) is 5.02 Å². The smallest absolute Gasteiger partial charge is 0.295 e. The Morgan fingerprint density at radius 2 is 2.40 bits per heavy atom. The first-order valence-electron chi connectivity index (χ1n) is 4.72. The average molecular weight is 226 g/mol. The van der Waals surface area contributed by atoms with Crippen LogP contribution in [0.25, 0.3) is 11.1 Å². The van der Waals surface area contributed by atoms with Gasteiger partial charge in [-0.05, 0) is 19.1 Å². The zero-order valence-corrected chi connectivity index (χ0v) is 9.08. The summed E-state index contributed by atoms with van der Waals surface area (Å²) in [7, 11) is 0. The van der Waals surface area contributed by atoms with Crippen molar-refractivity contribution in [1.82, 2.24) is 4.98 Å². The normalized spacial score (nSPS) is 13.0. The Balaban J connectivity index is 2.35. The number of fused-ring (bicyclic) bond motifs is 1. The van der Waals surface area contributed by atoms with Gasteiger partial charge in [0.1, 0.15) is 5.52 Å². The number of nitrogens with zero attached hydrogens (tertiary/aromatic N) is 1. The van der Waals surface area contributed by atoms with Crippen molar-refractivity contribution in [3.8, 4) is 0 Å². The third-order valence-corrected chi connectivity index (χ3v) is 2.39. The number of aromatic nitrogens is 1. The molecule has 2 aromatic rings. The summed E-state index contributed by atoms with van der Waals surface area (Å²) >= 11 is 5.95. The second-order valence-corrected chi connectivity index (χ2v) is 3.80. The lowest BCUT2D eigenvalue weighted by Gasteiger charge is -2.07. The van der Waals surface area contributed by atoms with Crippen LogP contribution >= 0.6 is 11.6 Å². The molecule has 0 radical (unpaired) electrons. The predicted molar refractivity (Wildman–Crippen MR) is 61.2 cm³/mol. The second kappa shape index (κ2) is 4.08. The fraction of sp³-hybridized carbons (Fsp3) is 0.300. The number of oxazole rings is 1. The van der Waals surface area contributed by atoms with Crippen molar-refractivity contribution in [1.29, 1.82) is 0 Å². The molecule has 0 bridgehead atoms. The van der Waals surface area contributed by atoms with Gasteiger partial charge in [0.25, 0.3) is 6.01 Å². The summed E-state index contributed by atoms with van der Waals surface area (Å²) < 4.78 is 5.46. The lowest BCUT2D eigenvalue weighted by Crippen LogP contribution is -2.25. The molecule has 1 atom stereocenters. The van der Waals surface area contributed by atoms with Crippen molar-refractivity contribution >= 4 is 28.7 Å². The molecule has 0 saturated heterocycles. The molecule has 0 fully saturated rings. The van der Waals surface area contributed by atoms with E-state index in [9.17, 15) is 0 Å². The van der Waals surface area contributed by atoms with E-state index in [1.54, 1.807) is 6.07 Å². The number of hydrogen-bond acceptors (Lipinski definition) is 4. The highest BCUT2D eigenvalue weighted by molar-refractivity contribution is 6.34. The van der Waals surface area contributed by atoms with Crippen LogP contribution in [0.3, 0.4) is 0 Å². The van der Waals surface area contributed by atoms with Gasteiger partial charge in [-0.15, -0.1) is 0 Å². The third-order valence-electron chi connectivity index (χ3n) is 2.09. The van der Waals surface area contributed by atoms with Crippen molar-refractivity contribution in [2.24, 2.45) is 5.73 Å². The minimum Gasteiger partial charge on any atom is -0.422 e. The van der Waals surface area contributed by atoms with Crippen LogP contribution in [0.4, 0.5) is 6.01 Å². The molecular formula is C10H12ClN3O. The predicted octanol–water partition coefficient (Wildman–Crippen LogP) is 2.24. The van der Waals surface area contributed by atoms with Gasteiger partial charge < -0.3 is 15.5 Å². The van der Waals surface area contributed by atoms with Gasteiger partial charge in [0, 0.05) is 12.6 Å². The largest absolute Gasteiger partial charge is 0.422 e. The molecule has 0 aliphatic heterocycles. The summed E-state index contributed by atoms with van der Waals surface area (Å²) in [5.74, 6) is 0. The summed E-state index contributed by atoms with van der Waals surface area (Å²) in [5, 5.41) is 3.61. The Bertz CT molecular complexity index is 469. The highest BCUT2D eigenvalue weighted by atomic mass is 35.5. The summed E-state index contributed by atoms with van der Waals surface area (Å²) in [6.45, 7) is 2.48. The number of benzene rings is 1.